The van der Waals surface area contributed by atoms with Crippen molar-refractivity contribution in [2.24, 2.45) is 11.5 Å². The number of aromatic nitrogens is 2. The molecule has 4 unspecified atom stereocenters. The number of rotatable bonds is 16. The molecule has 2 aromatic rings. The lowest BCUT2D eigenvalue weighted by molar-refractivity contribution is -0.143. The van der Waals surface area contributed by atoms with Gasteiger partial charge in [0.15, 0.2) is 0 Å². The number of carbonyl (C=O) groups is 6. The maximum absolute atomic E-state index is 13.2. The third-order valence-corrected chi connectivity index (χ3v) is 5.55. The predicted molar refractivity (Wildman–Crippen MR) is 135 cm³/mol. The summed E-state index contributed by atoms with van der Waals surface area (Å²) in [7, 11) is 0. The van der Waals surface area contributed by atoms with Crippen molar-refractivity contribution in [3.8, 4) is 0 Å². The number of primary amides is 1. The van der Waals surface area contributed by atoms with Crippen molar-refractivity contribution in [3.05, 3.63) is 54.1 Å². The molecule has 0 fully saturated rings. The van der Waals surface area contributed by atoms with Gasteiger partial charge in [-0.3, -0.25) is 24.0 Å². The Morgan fingerprint density at radius 1 is 0.872 bits per heavy atom. The number of imidazole rings is 1. The zero-order valence-corrected chi connectivity index (χ0v) is 20.8. The van der Waals surface area contributed by atoms with Crippen LogP contribution in [0, 0.1) is 0 Å². The lowest BCUT2D eigenvalue weighted by Gasteiger charge is -2.25. The van der Waals surface area contributed by atoms with Crippen LogP contribution in [0.3, 0.4) is 0 Å². The Labute approximate surface area is 222 Å². The zero-order chi connectivity index (χ0) is 28.9. The number of benzene rings is 1. The molecule has 10 N–H and O–H groups in total. The van der Waals surface area contributed by atoms with E-state index in [0.717, 1.165) is 0 Å². The van der Waals surface area contributed by atoms with Gasteiger partial charge in [-0.2, -0.15) is 0 Å². The normalized spacial score (nSPS) is 13.8. The number of hydrogen-bond donors (Lipinski definition) is 8. The van der Waals surface area contributed by atoms with Gasteiger partial charge in [0.2, 0.25) is 23.6 Å². The van der Waals surface area contributed by atoms with Gasteiger partial charge in [0.05, 0.1) is 18.8 Å². The highest BCUT2D eigenvalue weighted by Gasteiger charge is 2.31. The summed E-state index contributed by atoms with van der Waals surface area (Å²) in [6.07, 6.45) is 1.19. The minimum atomic E-state index is -1.45. The summed E-state index contributed by atoms with van der Waals surface area (Å²) in [4.78, 5) is 79.4. The molecule has 0 aliphatic rings. The molecule has 15 nitrogen and oxygen atoms in total. The second-order valence-electron chi connectivity index (χ2n) is 8.70. The molecule has 15 heteroatoms. The van der Waals surface area contributed by atoms with Crippen molar-refractivity contribution in [1.82, 2.24) is 25.9 Å². The first-order chi connectivity index (χ1) is 18.5. The number of amides is 4. The summed E-state index contributed by atoms with van der Waals surface area (Å²) in [5.41, 5.74) is 11.8. The van der Waals surface area contributed by atoms with Crippen molar-refractivity contribution in [2.75, 3.05) is 0 Å². The number of nitrogens with zero attached hydrogens (tertiary/aromatic N) is 1. The summed E-state index contributed by atoms with van der Waals surface area (Å²) in [6, 6.07) is 3.02. The minimum absolute atomic E-state index is 0.0578. The van der Waals surface area contributed by atoms with Crippen LogP contribution in [0.25, 0.3) is 0 Å². The standard InChI is InChI=1S/C24H31N7O8/c25-15(10-19(26)32)21(35)30-17(9-14-11-27-12-28-14)23(37)29-16(6-7-20(33)34)22(36)31-18(24(38)39)8-13-4-2-1-3-5-13/h1-5,11-12,15-18H,6-10,25H2,(H2,26,32)(H,27,28)(H,29,37)(H,30,35)(H,31,36)(H,33,34)(H,38,39). The summed E-state index contributed by atoms with van der Waals surface area (Å²) in [5, 5.41) is 25.8. The largest absolute Gasteiger partial charge is 0.481 e. The molecule has 4 atom stereocenters. The first kappa shape index (κ1) is 30.4. The topological polar surface area (TPSA) is 260 Å². The smallest absolute Gasteiger partial charge is 0.326 e. The number of nitrogens with two attached hydrogens (primary N) is 2. The fourth-order valence-electron chi connectivity index (χ4n) is 3.54. The van der Waals surface area contributed by atoms with E-state index < -0.39 is 72.6 Å². The van der Waals surface area contributed by atoms with E-state index >= 15 is 0 Å². The quantitative estimate of drug-likeness (QED) is 0.113. The number of hydrogen-bond acceptors (Lipinski definition) is 8. The van der Waals surface area contributed by atoms with Crippen LogP contribution in [0.2, 0.25) is 0 Å². The number of nitrogens with one attached hydrogen (secondary N) is 4. The third-order valence-electron chi connectivity index (χ3n) is 5.55. The van der Waals surface area contributed by atoms with E-state index in [0.29, 0.717) is 11.3 Å². The molecule has 0 saturated heterocycles. The number of carboxylic acids is 2. The molecule has 0 aliphatic heterocycles. The lowest BCUT2D eigenvalue weighted by Crippen LogP contribution is -2.58. The van der Waals surface area contributed by atoms with Gasteiger partial charge in [-0.15, -0.1) is 0 Å². The summed E-state index contributed by atoms with van der Waals surface area (Å²) >= 11 is 0. The Bertz CT molecular complexity index is 1160. The molecular weight excluding hydrogens is 514 g/mol. The van der Waals surface area contributed by atoms with Crippen LogP contribution >= 0.6 is 0 Å². The monoisotopic (exact) mass is 545 g/mol. The molecule has 0 bridgehead atoms. The molecule has 39 heavy (non-hydrogen) atoms. The molecular formula is C24H31N7O8. The SMILES string of the molecule is NC(=O)CC(N)C(=O)NC(Cc1cnc[nH]1)C(=O)NC(CCC(=O)O)C(=O)NC(Cc1ccccc1)C(=O)O. The van der Waals surface area contributed by atoms with Crippen molar-refractivity contribution < 1.29 is 39.0 Å². The summed E-state index contributed by atoms with van der Waals surface area (Å²) in [5.74, 6) is -6.09. The van der Waals surface area contributed by atoms with Crippen LogP contribution in [-0.4, -0.2) is 79.9 Å². The Balaban J connectivity index is 2.21. The molecule has 0 radical (unpaired) electrons. The molecule has 0 saturated carbocycles. The highest BCUT2D eigenvalue weighted by atomic mass is 16.4. The van der Waals surface area contributed by atoms with E-state index in [4.69, 9.17) is 16.6 Å². The zero-order valence-electron chi connectivity index (χ0n) is 20.8. The highest BCUT2D eigenvalue weighted by Crippen LogP contribution is 2.07. The Morgan fingerprint density at radius 2 is 1.49 bits per heavy atom. The number of carboxylic acid groups (broad SMARTS) is 2. The van der Waals surface area contributed by atoms with Crippen molar-refractivity contribution >= 4 is 35.6 Å². The number of carbonyl (C=O) groups excluding carboxylic acids is 4. The summed E-state index contributed by atoms with van der Waals surface area (Å²) in [6.45, 7) is 0. The van der Waals surface area contributed by atoms with E-state index in [2.05, 4.69) is 25.9 Å². The third kappa shape index (κ3) is 10.6. The Morgan fingerprint density at radius 3 is 2.05 bits per heavy atom. The van der Waals surface area contributed by atoms with Gasteiger partial charge in [0.1, 0.15) is 18.1 Å². The van der Waals surface area contributed by atoms with Gasteiger partial charge in [-0.05, 0) is 12.0 Å². The van der Waals surface area contributed by atoms with Crippen LogP contribution in [0.4, 0.5) is 0 Å². The fourth-order valence-corrected chi connectivity index (χ4v) is 3.54. The Hall–Kier alpha value is -4.79. The van der Waals surface area contributed by atoms with Gasteiger partial charge in [-0.1, -0.05) is 30.3 Å². The van der Waals surface area contributed by atoms with Crippen molar-refractivity contribution in [1.29, 1.82) is 0 Å². The molecule has 0 aliphatic carbocycles. The van der Waals surface area contributed by atoms with Crippen LogP contribution in [0.5, 0.6) is 0 Å². The first-order valence-corrected chi connectivity index (χ1v) is 11.9. The Kier molecular flexibility index (Phi) is 11.6. The average molecular weight is 546 g/mol. The van der Waals surface area contributed by atoms with Gasteiger partial charge < -0.3 is 42.6 Å². The molecule has 1 aromatic heterocycles. The molecule has 0 spiro atoms. The van der Waals surface area contributed by atoms with Crippen LogP contribution in [0.1, 0.15) is 30.5 Å². The van der Waals surface area contributed by atoms with E-state index in [9.17, 15) is 33.9 Å². The van der Waals surface area contributed by atoms with E-state index in [1.165, 1.54) is 12.5 Å². The number of aliphatic carboxylic acids is 2. The first-order valence-electron chi connectivity index (χ1n) is 11.9. The maximum Gasteiger partial charge on any atom is 0.326 e. The lowest BCUT2D eigenvalue weighted by atomic mass is 10.0. The second kappa shape index (κ2) is 14.8. The van der Waals surface area contributed by atoms with Crippen LogP contribution in [-0.2, 0) is 41.6 Å². The van der Waals surface area contributed by atoms with Gasteiger partial charge in [0.25, 0.3) is 0 Å². The maximum atomic E-state index is 13.2. The molecule has 1 aromatic carbocycles. The molecule has 1 heterocycles. The second-order valence-corrected chi connectivity index (χ2v) is 8.70. The number of aromatic amines is 1. The summed E-state index contributed by atoms with van der Waals surface area (Å²) < 4.78 is 0. The van der Waals surface area contributed by atoms with Gasteiger partial charge in [-0.25, -0.2) is 9.78 Å². The molecule has 210 valence electrons. The van der Waals surface area contributed by atoms with Crippen molar-refractivity contribution in [2.45, 2.75) is 56.3 Å². The predicted octanol–water partition coefficient (Wildman–Crippen LogP) is -2.20. The number of H-pyrrole nitrogens is 1. The fraction of sp³-hybridized carbons (Fsp3) is 0.375. The molecule has 4 amide bonds. The van der Waals surface area contributed by atoms with Crippen LogP contribution < -0.4 is 27.4 Å². The highest BCUT2D eigenvalue weighted by molar-refractivity contribution is 5.95. The van der Waals surface area contributed by atoms with Crippen molar-refractivity contribution in [3.63, 3.8) is 0 Å². The van der Waals surface area contributed by atoms with E-state index in [1.807, 2.05) is 0 Å². The van der Waals surface area contributed by atoms with E-state index in [1.54, 1.807) is 30.3 Å². The van der Waals surface area contributed by atoms with E-state index in [-0.39, 0.29) is 19.3 Å². The molecule has 2 rings (SSSR count). The van der Waals surface area contributed by atoms with Gasteiger partial charge in [0, 0.05) is 31.2 Å². The van der Waals surface area contributed by atoms with Crippen LogP contribution in [0.15, 0.2) is 42.9 Å². The average Bonchev–Trinajstić information content (AvgIpc) is 3.38. The van der Waals surface area contributed by atoms with Gasteiger partial charge >= 0.3 is 11.9 Å². The minimum Gasteiger partial charge on any atom is -0.481 e.